The van der Waals surface area contributed by atoms with E-state index in [-0.39, 0.29) is 11.9 Å². The minimum Gasteiger partial charge on any atom is -0.346 e. The number of aromatic nitrogens is 1. The second-order valence-electron chi connectivity index (χ2n) is 5.80. The molecule has 3 rings (SSSR count). The fourth-order valence-electron chi connectivity index (χ4n) is 2.73. The Balaban J connectivity index is 1.75. The highest BCUT2D eigenvalue weighted by Crippen LogP contribution is 2.27. The fraction of sp³-hybridized carbons (Fsp3) is 0.0909. The Morgan fingerprint density at radius 3 is 2.52 bits per heavy atom. The second-order valence-corrected chi connectivity index (χ2v) is 5.80. The molecule has 0 aliphatic heterocycles. The topological polar surface area (TPSA) is 42.0 Å². The van der Waals surface area contributed by atoms with Gasteiger partial charge in [-0.25, -0.2) is 0 Å². The molecular weight excluding hydrogens is 308 g/mol. The SMILES string of the molecule is CC(NC(=O)/C=C\c1ccccc1)c1ccccc1-c1cccnc1. The van der Waals surface area contributed by atoms with Gasteiger partial charge in [0.2, 0.25) is 5.91 Å². The predicted molar refractivity (Wildman–Crippen MR) is 102 cm³/mol. The molecule has 0 bridgehead atoms. The molecule has 0 spiro atoms. The van der Waals surface area contributed by atoms with Gasteiger partial charge in [0, 0.05) is 24.0 Å². The first kappa shape index (κ1) is 16.7. The van der Waals surface area contributed by atoms with Crippen LogP contribution in [0.25, 0.3) is 17.2 Å². The summed E-state index contributed by atoms with van der Waals surface area (Å²) < 4.78 is 0. The lowest BCUT2D eigenvalue weighted by Gasteiger charge is -2.17. The summed E-state index contributed by atoms with van der Waals surface area (Å²) in [4.78, 5) is 16.4. The zero-order valence-electron chi connectivity index (χ0n) is 14.1. The number of benzene rings is 2. The number of carbonyl (C=O) groups is 1. The summed E-state index contributed by atoms with van der Waals surface area (Å²) >= 11 is 0. The van der Waals surface area contributed by atoms with Crippen molar-refractivity contribution < 1.29 is 4.79 Å². The molecule has 1 aromatic heterocycles. The molecule has 1 atom stereocenters. The second kappa shape index (κ2) is 8.06. The predicted octanol–water partition coefficient (Wildman–Crippen LogP) is 4.64. The van der Waals surface area contributed by atoms with Gasteiger partial charge in [0.15, 0.2) is 0 Å². The van der Waals surface area contributed by atoms with E-state index >= 15 is 0 Å². The number of rotatable bonds is 5. The van der Waals surface area contributed by atoms with Crippen LogP contribution in [-0.4, -0.2) is 10.9 Å². The van der Waals surface area contributed by atoms with E-state index in [1.807, 2.05) is 79.9 Å². The monoisotopic (exact) mass is 328 g/mol. The number of pyridine rings is 1. The lowest BCUT2D eigenvalue weighted by Crippen LogP contribution is -2.25. The largest absolute Gasteiger partial charge is 0.346 e. The third-order valence-electron chi connectivity index (χ3n) is 3.99. The van der Waals surface area contributed by atoms with Crippen LogP contribution in [0.15, 0.2) is 85.2 Å². The van der Waals surface area contributed by atoms with E-state index in [4.69, 9.17) is 0 Å². The number of carbonyl (C=O) groups excluding carboxylic acids is 1. The number of hydrogen-bond acceptors (Lipinski definition) is 2. The van der Waals surface area contributed by atoms with Crippen molar-refractivity contribution in [2.75, 3.05) is 0 Å². The van der Waals surface area contributed by atoms with Crippen molar-refractivity contribution in [3.63, 3.8) is 0 Å². The Kier molecular flexibility index (Phi) is 5.37. The average molecular weight is 328 g/mol. The minimum atomic E-state index is -0.114. The molecule has 3 nitrogen and oxygen atoms in total. The van der Waals surface area contributed by atoms with Crippen LogP contribution in [0.1, 0.15) is 24.1 Å². The maximum Gasteiger partial charge on any atom is 0.244 e. The first-order valence-corrected chi connectivity index (χ1v) is 8.27. The standard InChI is InChI=1S/C22H20N2O/c1-17(24-22(25)14-13-18-8-3-2-4-9-18)20-11-5-6-12-21(20)19-10-7-15-23-16-19/h2-17H,1H3,(H,24,25)/b14-13-. The highest BCUT2D eigenvalue weighted by molar-refractivity contribution is 5.92. The summed E-state index contributed by atoms with van der Waals surface area (Å²) in [5.74, 6) is -0.114. The number of nitrogens with one attached hydrogen (secondary N) is 1. The minimum absolute atomic E-state index is 0.107. The Morgan fingerprint density at radius 2 is 1.76 bits per heavy atom. The van der Waals surface area contributed by atoms with Crippen LogP contribution in [0.5, 0.6) is 0 Å². The van der Waals surface area contributed by atoms with E-state index < -0.39 is 0 Å². The molecule has 25 heavy (non-hydrogen) atoms. The normalized spacial score (nSPS) is 12.0. The summed E-state index contributed by atoms with van der Waals surface area (Å²) in [6, 6.07) is 21.7. The van der Waals surface area contributed by atoms with Gasteiger partial charge in [0.25, 0.3) is 0 Å². The maximum atomic E-state index is 12.2. The van der Waals surface area contributed by atoms with Crippen LogP contribution >= 0.6 is 0 Å². The van der Waals surface area contributed by atoms with E-state index in [1.54, 1.807) is 12.3 Å². The zero-order valence-corrected chi connectivity index (χ0v) is 14.1. The smallest absolute Gasteiger partial charge is 0.244 e. The molecule has 2 aromatic carbocycles. The van der Waals surface area contributed by atoms with E-state index in [9.17, 15) is 4.79 Å². The highest BCUT2D eigenvalue weighted by Gasteiger charge is 2.13. The molecule has 0 fully saturated rings. The Morgan fingerprint density at radius 1 is 1.00 bits per heavy atom. The van der Waals surface area contributed by atoms with E-state index in [2.05, 4.69) is 16.4 Å². The molecule has 0 saturated heterocycles. The van der Waals surface area contributed by atoms with Gasteiger partial charge in [-0.2, -0.15) is 0 Å². The van der Waals surface area contributed by atoms with Crippen molar-refractivity contribution in [2.45, 2.75) is 13.0 Å². The van der Waals surface area contributed by atoms with E-state index in [1.165, 1.54) is 0 Å². The van der Waals surface area contributed by atoms with Gasteiger partial charge in [-0.05, 0) is 35.8 Å². The number of nitrogens with zero attached hydrogens (tertiary/aromatic N) is 1. The molecule has 0 aliphatic rings. The third kappa shape index (κ3) is 4.42. The van der Waals surface area contributed by atoms with Crippen LogP contribution in [0.4, 0.5) is 0 Å². The molecule has 3 heteroatoms. The Bertz CT molecular complexity index is 857. The number of amides is 1. The Labute approximate surface area is 148 Å². The van der Waals surface area contributed by atoms with Crippen molar-refractivity contribution >= 4 is 12.0 Å². The van der Waals surface area contributed by atoms with Gasteiger partial charge >= 0.3 is 0 Å². The van der Waals surface area contributed by atoms with Gasteiger partial charge in [-0.3, -0.25) is 9.78 Å². The van der Waals surface area contributed by atoms with Gasteiger partial charge in [-0.15, -0.1) is 0 Å². The first-order chi connectivity index (χ1) is 12.2. The summed E-state index contributed by atoms with van der Waals surface area (Å²) in [6.45, 7) is 1.99. The van der Waals surface area contributed by atoms with Crippen LogP contribution in [0, 0.1) is 0 Å². The molecule has 0 radical (unpaired) electrons. The zero-order chi connectivity index (χ0) is 17.5. The average Bonchev–Trinajstić information content (AvgIpc) is 2.68. The van der Waals surface area contributed by atoms with Crippen LogP contribution in [0.2, 0.25) is 0 Å². The quantitative estimate of drug-likeness (QED) is 0.693. The molecule has 0 saturated carbocycles. The summed E-state index contributed by atoms with van der Waals surface area (Å²) in [5, 5.41) is 3.03. The highest BCUT2D eigenvalue weighted by atomic mass is 16.1. The van der Waals surface area contributed by atoms with Crippen LogP contribution < -0.4 is 5.32 Å². The molecule has 1 N–H and O–H groups in total. The molecular formula is C22H20N2O. The molecule has 1 heterocycles. The summed E-state index contributed by atoms with van der Waals surface area (Å²) in [7, 11) is 0. The molecule has 3 aromatic rings. The van der Waals surface area contributed by atoms with Crippen molar-refractivity contribution in [1.82, 2.24) is 10.3 Å². The molecule has 1 amide bonds. The number of hydrogen-bond donors (Lipinski definition) is 1. The lowest BCUT2D eigenvalue weighted by atomic mass is 9.96. The third-order valence-corrected chi connectivity index (χ3v) is 3.99. The van der Waals surface area contributed by atoms with Crippen molar-refractivity contribution in [3.05, 3.63) is 96.3 Å². The van der Waals surface area contributed by atoms with Crippen molar-refractivity contribution in [3.8, 4) is 11.1 Å². The van der Waals surface area contributed by atoms with Gasteiger partial charge < -0.3 is 5.32 Å². The van der Waals surface area contributed by atoms with Crippen LogP contribution in [-0.2, 0) is 4.79 Å². The summed E-state index contributed by atoms with van der Waals surface area (Å²) in [6.07, 6.45) is 6.97. The molecule has 124 valence electrons. The summed E-state index contributed by atoms with van der Waals surface area (Å²) in [5.41, 5.74) is 4.19. The van der Waals surface area contributed by atoms with Crippen LogP contribution in [0.3, 0.4) is 0 Å². The van der Waals surface area contributed by atoms with E-state index in [0.717, 1.165) is 22.3 Å². The van der Waals surface area contributed by atoms with Gasteiger partial charge in [0.05, 0.1) is 6.04 Å². The van der Waals surface area contributed by atoms with Gasteiger partial charge in [-0.1, -0.05) is 60.7 Å². The van der Waals surface area contributed by atoms with Gasteiger partial charge in [0.1, 0.15) is 0 Å². The van der Waals surface area contributed by atoms with Crippen molar-refractivity contribution in [1.29, 1.82) is 0 Å². The van der Waals surface area contributed by atoms with Crippen molar-refractivity contribution in [2.24, 2.45) is 0 Å². The Hall–Kier alpha value is -3.20. The van der Waals surface area contributed by atoms with E-state index in [0.29, 0.717) is 0 Å². The fourth-order valence-corrected chi connectivity index (χ4v) is 2.73. The molecule has 1 unspecified atom stereocenters. The molecule has 0 aliphatic carbocycles. The maximum absolute atomic E-state index is 12.2. The lowest BCUT2D eigenvalue weighted by molar-refractivity contribution is -0.117. The first-order valence-electron chi connectivity index (χ1n) is 8.27.